The van der Waals surface area contributed by atoms with Crippen LogP contribution >= 0.6 is 11.3 Å². The van der Waals surface area contributed by atoms with Crippen molar-refractivity contribution in [3.63, 3.8) is 0 Å². The first-order valence-electron chi connectivity index (χ1n) is 9.52. The number of fused-ring (bicyclic) bond motifs is 2. The molecule has 2 aliphatic rings. The maximum Gasteiger partial charge on any atom is 0.261 e. The molecule has 2 N–H and O–H groups in total. The molecular formula is C21H24N2O2S. The molecule has 2 amide bonds. The highest BCUT2D eigenvalue weighted by molar-refractivity contribution is 7.14. The first kappa shape index (κ1) is 17.3. The van der Waals surface area contributed by atoms with E-state index in [-0.39, 0.29) is 17.7 Å². The molecule has 0 saturated carbocycles. The predicted octanol–water partition coefficient (Wildman–Crippen LogP) is 4.26. The normalized spacial score (nSPS) is 19.1. The maximum absolute atomic E-state index is 12.5. The van der Waals surface area contributed by atoms with Gasteiger partial charge in [-0.25, -0.2) is 0 Å². The molecule has 0 unspecified atom stereocenters. The summed E-state index contributed by atoms with van der Waals surface area (Å²) in [5.74, 6) is -0.150. The van der Waals surface area contributed by atoms with E-state index in [9.17, 15) is 9.59 Å². The lowest BCUT2D eigenvalue weighted by molar-refractivity contribution is -0.117. The second-order valence-corrected chi connectivity index (χ2v) is 8.28. The molecule has 0 saturated heterocycles. The number of amides is 2. The molecule has 136 valence electrons. The summed E-state index contributed by atoms with van der Waals surface area (Å²) < 4.78 is 0. The van der Waals surface area contributed by atoms with Crippen molar-refractivity contribution in [2.45, 2.75) is 50.9 Å². The van der Waals surface area contributed by atoms with Gasteiger partial charge in [-0.3, -0.25) is 9.59 Å². The van der Waals surface area contributed by atoms with Crippen molar-refractivity contribution in [2.75, 3.05) is 11.9 Å². The minimum Gasteiger partial charge on any atom is -0.351 e. The molecule has 0 bridgehead atoms. The molecule has 1 aliphatic heterocycles. The quantitative estimate of drug-likeness (QED) is 0.847. The summed E-state index contributed by atoms with van der Waals surface area (Å²) in [5.41, 5.74) is 3.29. The summed E-state index contributed by atoms with van der Waals surface area (Å²) in [6.07, 6.45) is 7.86. The van der Waals surface area contributed by atoms with Crippen LogP contribution in [0.4, 0.5) is 5.69 Å². The van der Waals surface area contributed by atoms with Crippen LogP contribution in [0.3, 0.4) is 0 Å². The number of hydrogen-bond donors (Lipinski definition) is 2. The van der Waals surface area contributed by atoms with Crippen molar-refractivity contribution in [1.82, 2.24) is 5.32 Å². The van der Waals surface area contributed by atoms with Gasteiger partial charge in [0, 0.05) is 17.1 Å². The van der Waals surface area contributed by atoms with Crippen molar-refractivity contribution in [2.24, 2.45) is 0 Å². The van der Waals surface area contributed by atoms with E-state index in [0.29, 0.717) is 13.0 Å². The number of benzene rings is 1. The number of hydrogen-bond acceptors (Lipinski definition) is 3. The molecule has 0 spiro atoms. The fourth-order valence-electron chi connectivity index (χ4n) is 3.94. The van der Waals surface area contributed by atoms with Gasteiger partial charge >= 0.3 is 0 Å². The van der Waals surface area contributed by atoms with Crippen molar-refractivity contribution < 1.29 is 9.59 Å². The molecule has 1 aromatic heterocycles. The topological polar surface area (TPSA) is 58.2 Å². The van der Waals surface area contributed by atoms with Gasteiger partial charge in [-0.15, -0.1) is 11.3 Å². The molecule has 2 aromatic rings. The van der Waals surface area contributed by atoms with Crippen molar-refractivity contribution in [3.8, 4) is 0 Å². The van der Waals surface area contributed by atoms with Gasteiger partial charge < -0.3 is 10.6 Å². The van der Waals surface area contributed by atoms with E-state index in [1.54, 1.807) is 11.3 Å². The highest BCUT2D eigenvalue weighted by atomic mass is 32.1. The van der Waals surface area contributed by atoms with Gasteiger partial charge in [0.25, 0.3) is 5.91 Å². The Morgan fingerprint density at radius 2 is 1.96 bits per heavy atom. The monoisotopic (exact) mass is 368 g/mol. The zero-order valence-electron chi connectivity index (χ0n) is 14.8. The van der Waals surface area contributed by atoms with E-state index in [1.165, 1.54) is 36.1 Å². The number of anilines is 1. The number of nitrogens with one attached hydrogen (secondary N) is 2. The number of thiophene rings is 1. The molecule has 1 aromatic carbocycles. The van der Waals surface area contributed by atoms with Gasteiger partial charge in [0.2, 0.25) is 5.91 Å². The van der Waals surface area contributed by atoms with Gasteiger partial charge in [-0.2, -0.15) is 0 Å². The average Bonchev–Trinajstić information content (AvgIpc) is 3.15. The summed E-state index contributed by atoms with van der Waals surface area (Å²) in [6.45, 7) is 0.508. The number of carbonyl (C=O) groups excluding carboxylic acids is 2. The fraction of sp³-hybridized carbons (Fsp3) is 0.429. The highest BCUT2D eigenvalue weighted by Crippen LogP contribution is 2.34. The van der Waals surface area contributed by atoms with Crippen LogP contribution in [0, 0.1) is 0 Å². The van der Waals surface area contributed by atoms with Gasteiger partial charge in [-0.1, -0.05) is 31.0 Å². The van der Waals surface area contributed by atoms with E-state index in [2.05, 4.69) is 16.7 Å². The molecule has 1 atom stereocenters. The van der Waals surface area contributed by atoms with Crippen molar-refractivity contribution in [3.05, 3.63) is 51.2 Å². The first-order valence-corrected chi connectivity index (χ1v) is 10.3. The van der Waals surface area contributed by atoms with Crippen LogP contribution in [0.2, 0.25) is 0 Å². The Kier molecular flexibility index (Phi) is 5.07. The Morgan fingerprint density at radius 1 is 1.15 bits per heavy atom. The largest absolute Gasteiger partial charge is 0.351 e. The minimum absolute atomic E-state index is 0.00608. The number of rotatable bonds is 4. The number of carbonyl (C=O) groups is 2. The van der Waals surface area contributed by atoms with Gasteiger partial charge in [-0.05, 0) is 55.4 Å². The van der Waals surface area contributed by atoms with Crippen LogP contribution in [-0.4, -0.2) is 18.4 Å². The lowest BCUT2D eigenvalue weighted by Crippen LogP contribution is -2.26. The molecule has 5 heteroatoms. The zero-order chi connectivity index (χ0) is 17.9. The lowest BCUT2D eigenvalue weighted by Gasteiger charge is -2.09. The third-order valence-corrected chi connectivity index (χ3v) is 6.59. The lowest BCUT2D eigenvalue weighted by atomic mass is 9.97. The van der Waals surface area contributed by atoms with Crippen LogP contribution in [-0.2, 0) is 17.6 Å². The van der Waals surface area contributed by atoms with E-state index in [1.807, 2.05) is 24.3 Å². The second kappa shape index (κ2) is 7.62. The Bertz CT molecular complexity index is 802. The third-order valence-electron chi connectivity index (χ3n) is 5.35. The molecule has 4 rings (SSSR count). The van der Waals surface area contributed by atoms with Gasteiger partial charge in [0.05, 0.1) is 10.8 Å². The molecular weight excluding hydrogens is 344 g/mol. The zero-order valence-corrected chi connectivity index (χ0v) is 15.7. The average molecular weight is 369 g/mol. The molecule has 2 heterocycles. The molecule has 1 aliphatic carbocycles. The smallest absolute Gasteiger partial charge is 0.261 e. The van der Waals surface area contributed by atoms with Crippen LogP contribution < -0.4 is 10.6 Å². The summed E-state index contributed by atoms with van der Waals surface area (Å²) in [6, 6.07) is 9.86. The summed E-state index contributed by atoms with van der Waals surface area (Å²) in [7, 11) is 0. The third kappa shape index (κ3) is 3.54. The summed E-state index contributed by atoms with van der Waals surface area (Å²) in [5, 5.41) is 5.92. The number of para-hydroxylation sites is 1. The Labute approximate surface area is 158 Å². The van der Waals surface area contributed by atoms with E-state index >= 15 is 0 Å². The Morgan fingerprint density at radius 3 is 2.85 bits per heavy atom. The van der Waals surface area contributed by atoms with Crippen LogP contribution in [0.15, 0.2) is 30.3 Å². The van der Waals surface area contributed by atoms with Crippen molar-refractivity contribution >= 4 is 28.8 Å². The van der Waals surface area contributed by atoms with E-state index in [0.717, 1.165) is 29.0 Å². The molecule has 0 radical (unpaired) electrons. The van der Waals surface area contributed by atoms with Gasteiger partial charge in [0.1, 0.15) is 0 Å². The number of aryl methyl sites for hydroxylation is 2. The summed E-state index contributed by atoms with van der Waals surface area (Å²) in [4.78, 5) is 26.9. The second-order valence-electron chi connectivity index (χ2n) is 7.15. The SMILES string of the molecule is O=C(NCC[C@@H]1C(=O)Nc2ccccc21)c1cc2c(s1)CCCCCC2. The van der Waals surface area contributed by atoms with Gasteiger partial charge in [0.15, 0.2) is 0 Å². The molecule has 26 heavy (non-hydrogen) atoms. The predicted molar refractivity (Wildman–Crippen MR) is 105 cm³/mol. The molecule has 4 nitrogen and oxygen atoms in total. The van der Waals surface area contributed by atoms with Crippen LogP contribution in [0.1, 0.15) is 63.7 Å². The van der Waals surface area contributed by atoms with Crippen LogP contribution in [0.25, 0.3) is 0 Å². The Hall–Kier alpha value is -2.14. The fourth-order valence-corrected chi connectivity index (χ4v) is 5.11. The standard InChI is InChI=1S/C21H24N2O2S/c24-20-16(15-8-5-6-9-17(15)23-20)11-12-22-21(25)19-13-14-7-3-1-2-4-10-18(14)26-19/h5-6,8-9,13,16H,1-4,7,10-12H2,(H,22,25)(H,23,24)/t16-/m0/s1. The molecule has 0 fully saturated rings. The highest BCUT2D eigenvalue weighted by Gasteiger charge is 2.29. The minimum atomic E-state index is -0.171. The summed E-state index contributed by atoms with van der Waals surface area (Å²) >= 11 is 1.65. The van der Waals surface area contributed by atoms with Crippen molar-refractivity contribution in [1.29, 1.82) is 0 Å². The van der Waals surface area contributed by atoms with E-state index < -0.39 is 0 Å². The maximum atomic E-state index is 12.5. The Balaban J connectivity index is 1.36. The first-order chi connectivity index (χ1) is 12.7. The van der Waals surface area contributed by atoms with E-state index in [4.69, 9.17) is 0 Å². The van der Waals surface area contributed by atoms with Crippen LogP contribution in [0.5, 0.6) is 0 Å².